The largest absolute Gasteiger partial charge is 0.493 e. The van der Waals surface area contributed by atoms with Crippen LogP contribution in [-0.4, -0.2) is 28.8 Å². The van der Waals surface area contributed by atoms with Crippen LogP contribution in [0.15, 0.2) is 27.9 Å². The van der Waals surface area contributed by atoms with E-state index in [-0.39, 0.29) is 12.1 Å². The molecule has 0 saturated carbocycles. The maximum Gasteiger partial charge on any atom is 0.268 e. The molecule has 2 heterocycles. The number of aromatic nitrogens is 3. The van der Waals surface area contributed by atoms with E-state index in [0.717, 1.165) is 0 Å². The molecule has 0 aliphatic rings. The Morgan fingerprint density at radius 2 is 2.05 bits per heavy atom. The number of rotatable bonds is 4. The summed E-state index contributed by atoms with van der Waals surface area (Å²) in [4.78, 5) is 20.5. The second-order valence-electron chi connectivity index (χ2n) is 4.07. The van der Waals surface area contributed by atoms with Gasteiger partial charge in [-0.25, -0.2) is 4.98 Å². The number of hydrogen-bond donors (Lipinski definition) is 0. The molecule has 0 aromatic carbocycles. The maximum absolute atomic E-state index is 12.1. The van der Waals surface area contributed by atoms with Gasteiger partial charge in [-0.3, -0.25) is 14.3 Å². The van der Waals surface area contributed by atoms with Crippen molar-refractivity contribution in [1.82, 2.24) is 14.5 Å². The third kappa shape index (κ3) is 2.67. The minimum Gasteiger partial charge on any atom is -0.493 e. The van der Waals surface area contributed by atoms with Crippen molar-refractivity contribution in [2.45, 2.75) is 13.5 Å². The van der Waals surface area contributed by atoms with Crippen molar-refractivity contribution >= 4 is 15.9 Å². The zero-order chi connectivity index (χ0) is 14.7. The summed E-state index contributed by atoms with van der Waals surface area (Å²) in [5, 5.41) is 0. The fraction of sp³-hybridized carbons (Fsp3) is 0.308. The molecule has 0 aliphatic carbocycles. The lowest BCUT2D eigenvalue weighted by Crippen LogP contribution is -2.23. The Morgan fingerprint density at radius 3 is 2.70 bits per heavy atom. The average Bonchev–Trinajstić information content (AvgIpc) is 2.47. The van der Waals surface area contributed by atoms with Crippen molar-refractivity contribution in [3.8, 4) is 11.5 Å². The van der Waals surface area contributed by atoms with Crippen LogP contribution in [0.3, 0.4) is 0 Å². The fourth-order valence-corrected chi connectivity index (χ4v) is 2.11. The first-order valence-electron chi connectivity index (χ1n) is 5.86. The first kappa shape index (κ1) is 14.5. The van der Waals surface area contributed by atoms with E-state index in [1.165, 1.54) is 18.0 Å². The summed E-state index contributed by atoms with van der Waals surface area (Å²) < 4.78 is 12.4. The monoisotopic (exact) mass is 339 g/mol. The number of hydrogen-bond acceptors (Lipinski definition) is 5. The van der Waals surface area contributed by atoms with Crippen molar-refractivity contribution in [1.29, 1.82) is 0 Å². The molecule has 2 aromatic heterocycles. The predicted molar refractivity (Wildman–Crippen MR) is 77.4 cm³/mol. The highest BCUT2D eigenvalue weighted by molar-refractivity contribution is 9.10. The van der Waals surface area contributed by atoms with Gasteiger partial charge in [0.05, 0.1) is 32.8 Å². The van der Waals surface area contributed by atoms with Crippen molar-refractivity contribution in [3.63, 3.8) is 0 Å². The quantitative estimate of drug-likeness (QED) is 0.849. The molecule has 20 heavy (non-hydrogen) atoms. The summed E-state index contributed by atoms with van der Waals surface area (Å²) in [6, 6.07) is 1.70. The van der Waals surface area contributed by atoms with Gasteiger partial charge in [-0.05, 0) is 22.9 Å². The van der Waals surface area contributed by atoms with Crippen molar-refractivity contribution in [2.24, 2.45) is 0 Å². The van der Waals surface area contributed by atoms with E-state index in [1.807, 2.05) is 0 Å². The zero-order valence-electron chi connectivity index (χ0n) is 11.4. The van der Waals surface area contributed by atoms with Crippen molar-refractivity contribution < 1.29 is 9.47 Å². The van der Waals surface area contributed by atoms with Crippen LogP contribution < -0.4 is 15.0 Å². The van der Waals surface area contributed by atoms with E-state index in [0.29, 0.717) is 27.4 Å². The topological polar surface area (TPSA) is 66.2 Å². The number of pyridine rings is 1. The molecule has 0 amide bonds. The van der Waals surface area contributed by atoms with E-state index in [1.54, 1.807) is 26.3 Å². The van der Waals surface area contributed by atoms with Crippen LogP contribution >= 0.6 is 15.9 Å². The van der Waals surface area contributed by atoms with E-state index in [4.69, 9.17) is 9.47 Å². The van der Waals surface area contributed by atoms with Gasteiger partial charge in [-0.2, -0.15) is 0 Å². The molecule has 0 fully saturated rings. The van der Waals surface area contributed by atoms with E-state index < -0.39 is 0 Å². The maximum atomic E-state index is 12.1. The second-order valence-corrected chi connectivity index (χ2v) is 4.86. The number of halogens is 1. The van der Waals surface area contributed by atoms with Crippen LogP contribution in [0, 0.1) is 6.92 Å². The van der Waals surface area contributed by atoms with E-state index in [9.17, 15) is 4.79 Å². The van der Waals surface area contributed by atoms with Gasteiger partial charge in [0.25, 0.3) is 5.56 Å². The Morgan fingerprint density at radius 1 is 1.30 bits per heavy atom. The van der Waals surface area contributed by atoms with Crippen molar-refractivity contribution in [2.75, 3.05) is 14.2 Å². The van der Waals surface area contributed by atoms with Gasteiger partial charge in [-0.1, -0.05) is 0 Å². The van der Waals surface area contributed by atoms with Gasteiger partial charge in [-0.15, -0.1) is 0 Å². The van der Waals surface area contributed by atoms with Crippen LogP contribution in [0.4, 0.5) is 0 Å². The molecule has 0 atom stereocenters. The van der Waals surface area contributed by atoms with Gasteiger partial charge in [0.1, 0.15) is 10.2 Å². The van der Waals surface area contributed by atoms with Gasteiger partial charge in [0, 0.05) is 12.3 Å². The highest BCUT2D eigenvalue weighted by atomic mass is 79.9. The minimum atomic E-state index is -0.163. The van der Waals surface area contributed by atoms with Gasteiger partial charge in [0.2, 0.25) is 0 Å². The van der Waals surface area contributed by atoms with Gasteiger partial charge < -0.3 is 9.47 Å². The molecule has 6 nitrogen and oxygen atoms in total. The average molecular weight is 340 g/mol. The summed E-state index contributed by atoms with van der Waals surface area (Å²) in [6.45, 7) is 2.02. The molecule has 2 rings (SSSR count). The lowest BCUT2D eigenvalue weighted by molar-refractivity contribution is 0.348. The summed E-state index contributed by atoms with van der Waals surface area (Å²) >= 11 is 3.23. The molecule has 7 heteroatoms. The zero-order valence-corrected chi connectivity index (χ0v) is 13.0. The van der Waals surface area contributed by atoms with Gasteiger partial charge in [0.15, 0.2) is 11.5 Å². The standard InChI is InChI=1S/C13H14BrN3O3/c1-8-11(14)13(18)17(7-16-8)6-9-12(20-3)10(19-2)4-5-15-9/h4-5,7H,6H2,1-3H3. The lowest BCUT2D eigenvalue weighted by atomic mass is 10.3. The smallest absolute Gasteiger partial charge is 0.268 e. The summed E-state index contributed by atoms with van der Waals surface area (Å²) in [5.74, 6) is 1.09. The summed E-state index contributed by atoms with van der Waals surface area (Å²) in [6.07, 6.45) is 3.10. The molecular formula is C13H14BrN3O3. The molecular weight excluding hydrogens is 326 g/mol. The number of aryl methyl sites for hydroxylation is 1. The van der Waals surface area contributed by atoms with Crippen molar-refractivity contribution in [3.05, 3.63) is 44.8 Å². The SMILES string of the molecule is COc1ccnc(Cn2cnc(C)c(Br)c2=O)c1OC. The Bertz CT molecular complexity index is 685. The Labute approximate surface area is 124 Å². The molecule has 0 spiro atoms. The Balaban J connectivity index is 2.45. The Hall–Kier alpha value is -1.89. The van der Waals surface area contributed by atoms with E-state index in [2.05, 4.69) is 25.9 Å². The molecule has 0 radical (unpaired) electrons. The number of methoxy groups -OCH3 is 2. The lowest BCUT2D eigenvalue weighted by Gasteiger charge is -2.12. The number of nitrogens with zero attached hydrogens (tertiary/aromatic N) is 3. The highest BCUT2D eigenvalue weighted by Crippen LogP contribution is 2.29. The van der Waals surface area contributed by atoms with Crippen LogP contribution in [0.2, 0.25) is 0 Å². The van der Waals surface area contributed by atoms with Gasteiger partial charge >= 0.3 is 0 Å². The normalized spacial score (nSPS) is 10.4. The molecule has 2 aromatic rings. The molecule has 106 valence electrons. The molecule has 0 unspecified atom stereocenters. The van der Waals surface area contributed by atoms with Crippen LogP contribution in [0.1, 0.15) is 11.4 Å². The molecule has 0 aliphatic heterocycles. The Kier molecular flexibility index (Phi) is 4.39. The second kappa shape index (κ2) is 6.04. The third-order valence-electron chi connectivity index (χ3n) is 2.84. The predicted octanol–water partition coefficient (Wildman–Crippen LogP) is 1.77. The van der Waals surface area contributed by atoms with E-state index >= 15 is 0 Å². The third-order valence-corrected chi connectivity index (χ3v) is 3.76. The first-order chi connectivity index (χ1) is 9.58. The molecule has 0 bridgehead atoms. The first-order valence-corrected chi connectivity index (χ1v) is 6.65. The highest BCUT2D eigenvalue weighted by Gasteiger charge is 2.13. The molecule has 0 N–H and O–H groups in total. The number of ether oxygens (including phenoxy) is 2. The summed E-state index contributed by atoms with van der Waals surface area (Å²) in [7, 11) is 3.09. The van der Waals surface area contributed by atoms with Crippen LogP contribution in [0.25, 0.3) is 0 Å². The fourth-order valence-electron chi connectivity index (χ4n) is 1.78. The van der Waals surface area contributed by atoms with Crippen LogP contribution in [-0.2, 0) is 6.54 Å². The summed E-state index contributed by atoms with van der Waals surface area (Å²) in [5.41, 5.74) is 1.09. The minimum absolute atomic E-state index is 0.163. The van der Waals surface area contributed by atoms with Crippen LogP contribution in [0.5, 0.6) is 11.5 Å². The molecule has 0 saturated heterocycles.